The van der Waals surface area contributed by atoms with Crippen molar-refractivity contribution in [1.29, 1.82) is 0 Å². The summed E-state index contributed by atoms with van der Waals surface area (Å²) >= 11 is 0. The molecule has 1 rings (SSSR count). The van der Waals surface area contributed by atoms with Crippen molar-refractivity contribution >= 4 is 0 Å². The first kappa shape index (κ1) is 13.9. The number of benzene rings is 1. The maximum Gasteiger partial charge on any atom is 0.0681 e. The van der Waals surface area contributed by atoms with Gasteiger partial charge in [-0.05, 0) is 36.9 Å². The Balaban J connectivity index is 2.11. The molecular formula is C15H23NO. The van der Waals surface area contributed by atoms with Crippen molar-refractivity contribution in [2.45, 2.75) is 38.8 Å². The zero-order valence-corrected chi connectivity index (χ0v) is 10.5. The molecule has 0 fully saturated rings. The second kappa shape index (κ2) is 8.97. The van der Waals surface area contributed by atoms with Gasteiger partial charge in [0.25, 0.3) is 0 Å². The van der Waals surface area contributed by atoms with Crippen molar-refractivity contribution in [3.8, 4) is 0 Å². The molecule has 2 N–H and O–H groups in total. The van der Waals surface area contributed by atoms with Gasteiger partial charge in [-0.2, -0.15) is 0 Å². The number of aliphatic hydroxyl groups excluding tert-OH is 1. The molecule has 0 amide bonds. The second-order valence-corrected chi connectivity index (χ2v) is 4.29. The number of hydrogen-bond acceptors (Lipinski definition) is 2. The molecule has 0 bridgehead atoms. The van der Waals surface area contributed by atoms with Crippen LogP contribution in [-0.2, 0) is 13.2 Å². The van der Waals surface area contributed by atoms with Gasteiger partial charge in [0.2, 0.25) is 0 Å². The number of rotatable bonds is 9. The van der Waals surface area contributed by atoms with Crippen molar-refractivity contribution in [3.63, 3.8) is 0 Å². The van der Waals surface area contributed by atoms with E-state index in [1.165, 1.54) is 24.8 Å². The Kier molecular flexibility index (Phi) is 7.35. The summed E-state index contributed by atoms with van der Waals surface area (Å²) in [5.74, 6) is 0. The predicted molar refractivity (Wildman–Crippen MR) is 72.7 cm³/mol. The van der Waals surface area contributed by atoms with E-state index >= 15 is 0 Å². The van der Waals surface area contributed by atoms with Crippen LogP contribution in [0.4, 0.5) is 0 Å². The Bertz CT molecular complexity index is 322. The molecule has 2 nitrogen and oxygen atoms in total. The Labute approximate surface area is 104 Å². The molecule has 0 unspecified atom stereocenters. The SMILES string of the molecule is C=CCCCCCNCc1cccc(CO)c1. The van der Waals surface area contributed by atoms with E-state index in [1.54, 1.807) is 0 Å². The first-order chi connectivity index (χ1) is 8.36. The molecule has 17 heavy (non-hydrogen) atoms. The zero-order chi connectivity index (χ0) is 12.3. The molecule has 1 aromatic carbocycles. The molecule has 0 saturated carbocycles. The van der Waals surface area contributed by atoms with Gasteiger partial charge in [0.15, 0.2) is 0 Å². The van der Waals surface area contributed by atoms with E-state index in [2.05, 4.69) is 18.0 Å². The standard InChI is InChI=1S/C15H23NO/c1-2-3-4-5-6-10-16-12-14-8-7-9-15(11-14)13-17/h2,7-9,11,16-17H,1,3-6,10,12-13H2. The number of nitrogens with one attached hydrogen (secondary N) is 1. The molecule has 2 heteroatoms. The maximum absolute atomic E-state index is 9.03. The predicted octanol–water partition coefficient (Wildman–Crippen LogP) is 3.01. The number of aliphatic hydroxyl groups is 1. The highest BCUT2D eigenvalue weighted by Gasteiger charge is 1.95. The smallest absolute Gasteiger partial charge is 0.0681 e. The molecule has 0 aliphatic rings. The van der Waals surface area contributed by atoms with E-state index in [4.69, 9.17) is 5.11 Å². The highest BCUT2D eigenvalue weighted by Crippen LogP contribution is 2.05. The van der Waals surface area contributed by atoms with E-state index < -0.39 is 0 Å². The molecule has 0 spiro atoms. The Morgan fingerprint density at radius 3 is 2.76 bits per heavy atom. The number of hydrogen-bond donors (Lipinski definition) is 2. The van der Waals surface area contributed by atoms with Gasteiger partial charge in [-0.1, -0.05) is 36.8 Å². The molecule has 1 aromatic rings. The van der Waals surface area contributed by atoms with Crippen molar-refractivity contribution in [3.05, 3.63) is 48.0 Å². The minimum absolute atomic E-state index is 0.120. The third-order valence-corrected chi connectivity index (χ3v) is 2.76. The van der Waals surface area contributed by atoms with E-state index in [0.29, 0.717) is 0 Å². The molecule has 94 valence electrons. The topological polar surface area (TPSA) is 32.3 Å². The van der Waals surface area contributed by atoms with Crippen LogP contribution in [0.15, 0.2) is 36.9 Å². The van der Waals surface area contributed by atoms with Crippen LogP contribution in [0.25, 0.3) is 0 Å². The highest BCUT2D eigenvalue weighted by molar-refractivity contribution is 5.22. The summed E-state index contributed by atoms with van der Waals surface area (Å²) in [6.45, 7) is 5.78. The summed E-state index contributed by atoms with van der Waals surface area (Å²) < 4.78 is 0. The van der Waals surface area contributed by atoms with Crippen molar-refractivity contribution in [1.82, 2.24) is 5.32 Å². The Hall–Kier alpha value is -1.12. The molecular weight excluding hydrogens is 210 g/mol. The normalized spacial score (nSPS) is 10.4. The monoisotopic (exact) mass is 233 g/mol. The zero-order valence-electron chi connectivity index (χ0n) is 10.5. The average molecular weight is 233 g/mol. The summed E-state index contributed by atoms with van der Waals surface area (Å²) in [4.78, 5) is 0. The molecule has 0 heterocycles. The number of unbranched alkanes of at least 4 members (excludes halogenated alkanes) is 3. The second-order valence-electron chi connectivity index (χ2n) is 4.29. The average Bonchev–Trinajstić information content (AvgIpc) is 2.38. The molecule has 0 saturated heterocycles. The summed E-state index contributed by atoms with van der Waals surface area (Å²) in [5, 5.41) is 12.4. The van der Waals surface area contributed by atoms with Gasteiger partial charge in [0.05, 0.1) is 6.61 Å². The first-order valence-corrected chi connectivity index (χ1v) is 6.37. The van der Waals surface area contributed by atoms with Crippen LogP contribution in [0.2, 0.25) is 0 Å². The summed E-state index contributed by atoms with van der Waals surface area (Å²) in [7, 11) is 0. The maximum atomic E-state index is 9.03. The van der Waals surface area contributed by atoms with Gasteiger partial charge in [-0.15, -0.1) is 6.58 Å². The van der Waals surface area contributed by atoms with E-state index in [9.17, 15) is 0 Å². The van der Waals surface area contributed by atoms with Gasteiger partial charge in [0, 0.05) is 6.54 Å². The van der Waals surface area contributed by atoms with Crippen LogP contribution in [0.1, 0.15) is 36.8 Å². The van der Waals surface area contributed by atoms with E-state index in [0.717, 1.165) is 25.1 Å². The van der Waals surface area contributed by atoms with Crippen LogP contribution in [0.5, 0.6) is 0 Å². The van der Waals surface area contributed by atoms with Gasteiger partial charge < -0.3 is 10.4 Å². The third kappa shape index (κ3) is 6.25. The lowest BCUT2D eigenvalue weighted by Gasteiger charge is -2.06. The van der Waals surface area contributed by atoms with E-state index in [-0.39, 0.29) is 6.61 Å². The summed E-state index contributed by atoms with van der Waals surface area (Å²) in [5.41, 5.74) is 2.22. The van der Waals surface area contributed by atoms with Crippen LogP contribution in [0.3, 0.4) is 0 Å². The van der Waals surface area contributed by atoms with Gasteiger partial charge >= 0.3 is 0 Å². The fourth-order valence-corrected chi connectivity index (χ4v) is 1.79. The summed E-state index contributed by atoms with van der Waals surface area (Å²) in [6.07, 6.45) is 6.82. The Morgan fingerprint density at radius 2 is 2.00 bits per heavy atom. The van der Waals surface area contributed by atoms with Crippen LogP contribution < -0.4 is 5.32 Å². The molecule has 0 radical (unpaired) electrons. The van der Waals surface area contributed by atoms with Crippen LogP contribution in [-0.4, -0.2) is 11.7 Å². The lowest BCUT2D eigenvalue weighted by molar-refractivity contribution is 0.281. The molecule has 0 atom stereocenters. The van der Waals surface area contributed by atoms with Gasteiger partial charge in [0.1, 0.15) is 0 Å². The largest absolute Gasteiger partial charge is 0.392 e. The van der Waals surface area contributed by atoms with Gasteiger partial charge in [-0.3, -0.25) is 0 Å². The van der Waals surface area contributed by atoms with Crippen molar-refractivity contribution in [2.75, 3.05) is 6.54 Å². The molecule has 0 aliphatic carbocycles. The van der Waals surface area contributed by atoms with Crippen LogP contribution in [0, 0.1) is 0 Å². The summed E-state index contributed by atoms with van der Waals surface area (Å²) in [6, 6.07) is 8.07. The fraction of sp³-hybridized carbons (Fsp3) is 0.467. The van der Waals surface area contributed by atoms with Crippen molar-refractivity contribution < 1.29 is 5.11 Å². The van der Waals surface area contributed by atoms with Crippen molar-refractivity contribution in [2.24, 2.45) is 0 Å². The fourth-order valence-electron chi connectivity index (χ4n) is 1.79. The number of allylic oxidation sites excluding steroid dienone is 1. The van der Waals surface area contributed by atoms with Crippen LogP contribution >= 0.6 is 0 Å². The minimum atomic E-state index is 0.120. The first-order valence-electron chi connectivity index (χ1n) is 6.37. The minimum Gasteiger partial charge on any atom is -0.392 e. The molecule has 0 aliphatic heterocycles. The van der Waals surface area contributed by atoms with Gasteiger partial charge in [-0.25, -0.2) is 0 Å². The third-order valence-electron chi connectivity index (χ3n) is 2.76. The Morgan fingerprint density at radius 1 is 1.18 bits per heavy atom. The highest BCUT2D eigenvalue weighted by atomic mass is 16.3. The lowest BCUT2D eigenvalue weighted by atomic mass is 10.1. The quantitative estimate of drug-likeness (QED) is 0.507. The molecule has 0 aromatic heterocycles. The van der Waals surface area contributed by atoms with E-state index in [1.807, 2.05) is 24.3 Å². The lowest BCUT2D eigenvalue weighted by Crippen LogP contribution is -2.14.